The minimum atomic E-state index is -4.77. The summed E-state index contributed by atoms with van der Waals surface area (Å²) in [5.74, 6) is -0.320. The lowest BCUT2D eigenvalue weighted by Crippen LogP contribution is -2.55. The van der Waals surface area contributed by atoms with Gasteiger partial charge in [0.05, 0.1) is 11.0 Å². The fourth-order valence-electron chi connectivity index (χ4n) is 4.38. The standard InChI is InChI=1S/C24H25BrF3N3O4S2/c1-16(32)29-10-12-30(13-11-29)18(14-17-6-8-19(9-7-17)35-24(26,27)28)15-31(37(33)34)23-22(25)20-4-2-3-5-21(20)36-23/h2-9,18H,10-15H2,1H3,(H,33,34). The molecule has 0 aliphatic carbocycles. The molecule has 2 aromatic carbocycles. The number of carbonyl (C=O) groups is 1. The van der Waals surface area contributed by atoms with E-state index < -0.39 is 17.6 Å². The highest BCUT2D eigenvalue weighted by atomic mass is 79.9. The topological polar surface area (TPSA) is 73.3 Å². The van der Waals surface area contributed by atoms with Gasteiger partial charge in [-0.3, -0.25) is 18.6 Å². The predicted octanol–water partition coefficient (Wildman–Crippen LogP) is 5.28. The van der Waals surface area contributed by atoms with Crippen LogP contribution in [-0.2, 0) is 22.5 Å². The Labute approximate surface area is 227 Å². The number of amides is 1. The summed E-state index contributed by atoms with van der Waals surface area (Å²) >= 11 is 2.66. The number of piperazine rings is 1. The van der Waals surface area contributed by atoms with Crippen LogP contribution >= 0.6 is 27.3 Å². The van der Waals surface area contributed by atoms with Crippen LogP contribution in [0.1, 0.15) is 12.5 Å². The number of carbonyl (C=O) groups excluding carboxylic acids is 1. The second kappa shape index (κ2) is 11.7. The average Bonchev–Trinajstić information content (AvgIpc) is 3.18. The molecule has 37 heavy (non-hydrogen) atoms. The maximum atomic E-state index is 12.6. The molecule has 2 heterocycles. The number of anilines is 1. The van der Waals surface area contributed by atoms with Gasteiger partial charge in [-0.2, -0.15) is 0 Å². The largest absolute Gasteiger partial charge is 0.573 e. The summed E-state index contributed by atoms with van der Waals surface area (Å²) < 4.78 is 67.6. The maximum Gasteiger partial charge on any atom is 0.573 e. The highest BCUT2D eigenvalue weighted by Crippen LogP contribution is 2.42. The van der Waals surface area contributed by atoms with Gasteiger partial charge >= 0.3 is 6.36 Å². The molecule has 0 saturated carbocycles. The van der Waals surface area contributed by atoms with Gasteiger partial charge in [-0.1, -0.05) is 30.3 Å². The molecule has 1 fully saturated rings. The monoisotopic (exact) mass is 619 g/mol. The van der Waals surface area contributed by atoms with Crippen LogP contribution < -0.4 is 9.04 Å². The lowest BCUT2D eigenvalue weighted by Gasteiger charge is -2.40. The van der Waals surface area contributed by atoms with Crippen molar-refractivity contribution in [2.24, 2.45) is 0 Å². The van der Waals surface area contributed by atoms with Crippen molar-refractivity contribution < 1.29 is 31.5 Å². The summed E-state index contributed by atoms with van der Waals surface area (Å²) in [5.41, 5.74) is 0.757. The van der Waals surface area contributed by atoms with Crippen molar-refractivity contribution in [3.63, 3.8) is 0 Å². The first-order valence-corrected chi connectivity index (χ1v) is 14.1. The molecule has 0 spiro atoms. The van der Waals surface area contributed by atoms with Crippen LogP contribution in [-0.4, -0.2) is 69.6 Å². The molecule has 2 unspecified atom stereocenters. The van der Waals surface area contributed by atoms with E-state index in [0.29, 0.717) is 37.6 Å². The summed E-state index contributed by atoms with van der Waals surface area (Å²) in [6.45, 7) is 3.90. The average molecular weight is 621 g/mol. The number of benzene rings is 2. The van der Waals surface area contributed by atoms with Crippen LogP contribution in [0.25, 0.3) is 10.1 Å². The van der Waals surface area contributed by atoms with E-state index in [2.05, 4.69) is 25.6 Å². The summed E-state index contributed by atoms with van der Waals surface area (Å²) in [4.78, 5) is 15.7. The SMILES string of the molecule is CC(=O)N1CCN(C(Cc2ccc(OC(F)(F)F)cc2)CN(c2sc3ccccc3c2Br)S(=O)O)CC1. The molecule has 7 nitrogen and oxygen atoms in total. The predicted molar refractivity (Wildman–Crippen MR) is 142 cm³/mol. The Morgan fingerprint density at radius 3 is 2.38 bits per heavy atom. The van der Waals surface area contributed by atoms with Crippen LogP contribution in [0, 0.1) is 0 Å². The van der Waals surface area contributed by atoms with E-state index in [-0.39, 0.29) is 24.2 Å². The lowest BCUT2D eigenvalue weighted by molar-refractivity contribution is -0.274. The minimum absolute atomic E-state index is 0.0104. The normalized spacial score (nSPS) is 16.5. The first-order chi connectivity index (χ1) is 17.5. The number of hydrogen-bond donors (Lipinski definition) is 1. The summed E-state index contributed by atoms with van der Waals surface area (Å²) in [7, 11) is 0. The minimum Gasteiger partial charge on any atom is -0.406 e. The van der Waals surface area contributed by atoms with Gasteiger partial charge in [0.1, 0.15) is 10.8 Å². The third-order valence-electron chi connectivity index (χ3n) is 6.21. The van der Waals surface area contributed by atoms with Gasteiger partial charge in [-0.15, -0.1) is 24.5 Å². The van der Waals surface area contributed by atoms with Gasteiger partial charge in [-0.05, 0) is 46.1 Å². The Morgan fingerprint density at radius 2 is 1.81 bits per heavy atom. The quantitative estimate of drug-likeness (QED) is 0.347. The van der Waals surface area contributed by atoms with Crippen molar-refractivity contribution in [1.29, 1.82) is 0 Å². The van der Waals surface area contributed by atoms with Gasteiger partial charge < -0.3 is 9.64 Å². The van der Waals surface area contributed by atoms with Crippen molar-refractivity contribution >= 4 is 59.5 Å². The van der Waals surface area contributed by atoms with Crippen molar-refractivity contribution in [2.75, 3.05) is 37.0 Å². The summed E-state index contributed by atoms with van der Waals surface area (Å²) in [6, 6.07) is 13.1. The second-order valence-corrected chi connectivity index (χ2v) is 11.3. The Balaban J connectivity index is 1.60. The molecule has 1 aromatic heterocycles. The van der Waals surface area contributed by atoms with Crippen LogP contribution in [0.4, 0.5) is 18.2 Å². The molecule has 13 heteroatoms. The fourth-order valence-corrected chi connectivity index (χ4v) is 7.28. The number of thiophene rings is 1. The number of halogens is 4. The van der Waals surface area contributed by atoms with Gasteiger partial charge in [0.25, 0.3) is 11.3 Å². The first-order valence-electron chi connectivity index (χ1n) is 11.4. The summed E-state index contributed by atoms with van der Waals surface area (Å²) in [6.07, 6.45) is -4.35. The molecular weight excluding hydrogens is 595 g/mol. The van der Waals surface area contributed by atoms with Gasteiger partial charge in [0.2, 0.25) is 5.91 Å². The number of fused-ring (bicyclic) bond motifs is 1. The van der Waals surface area contributed by atoms with Crippen LogP contribution in [0.2, 0.25) is 0 Å². The summed E-state index contributed by atoms with van der Waals surface area (Å²) in [5, 5.41) is 1.55. The van der Waals surface area contributed by atoms with E-state index in [1.807, 2.05) is 24.3 Å². The first kappa shape index (κ1) is 27.8. The van der Waals surface area contributed by atoms with Gasteiger partial charge in [0, 0.05) is 49.2 Å². The number of ether oxygens (including phenoxy) is 1. The molecule has 1 aliphatic rings. The highest BCUT2D eigenvalue weighted by molar-refractivity contribution is 9.10. The number of rotatable bonds is 8. The van der Waals surface area contributed by atoms with Gasteiger partial charge in [0.15, 0.2) is 0 Å². The number of nitrogens with zero attached hydrogens (tertiary/aromatic N) is 3. The fraction of sp³-hybridized carbons (Fsp3) is 0.375. The smallest absolute Gasteiger partial charge is 0.406 e. The van der Waals surface area contributed by atoms with Crippen molar-refractivity contribution in [2.45, 2.75) is 25.7 Å². The maximum absolute atomic E-state index is 12.6. The van der Waals surface area contributed by atoms with Crippen LogP contribution in [0.5, 0.6) is 5.75 Å². The molecule has 1 saturated heterocycles. The molecule has 1 amide bonds. The number of hydrogen-bond acceptors (Lipinski definition) is 5. The molecular formula is C24H25BrF3N3O4S2. The van der Waals surface area contributed by atoms with E-state index in [1.165, 1.54) is 34.7 Å². The van der Waals surface area contributed by atoms with Crippen LogP contribution in [0.15, 0.2) is 53.0 Å². The molecule has 1 N–H and O–H groups in total. The Morgan fingerprint density at radius 1 is 1.16 bits per heavy atom. The molecule has 0 radical (unpaired) electrons. The molecule has 3 aromatic rings. The zero-order chi connectivity index (χ0) is 26.7. The van der Waals surface area contributed by atoms with E-state index in [0.717, 1.165) is 20.1 Å². The zero-order valence-electron chi connectivity index (χ0n) is 19.8. The Bertz CT molecular complexity index is 1260. The van der Waals surface area contributed by atoms with E-state index in [1.54, 1.807) is 17.0 Å². The van der Waals surface area contributed by atoms with Gasteiger partial charge in [-0.25, -0.2) is 4.21 Å². The zero-order valence-corrected chi connectivity index (χ0v) is 23.0. The third kappa shape index (κ3) is 7.02. The van der Waals surface area contributed by atoms with E-state index in [9.17, 15) is 26.7 Å². The number of alkyl halides is 3. The molecule has 4 rings (SSSR count). The van der Waals surface area contributed by atoms with Crippen molar-refractivity contribution in [3.05, 3.63) is 58.6 Å². The second-order valence-electron chi connectivity index (χ2n) is 8.60. The van der Waals surface area contributed by atoms with E-state index >= 15 is 0 Å². The Kier molecular flexibility index (Phi) is 8.79. The van der Waals surface area contributed by atoms with Crippen LogP contribution in [0.3, 0.4) is 0 Å². The molecule has 1 aliphatic heterocycles. The van der Waals surface area contributed by atoms with E-state index in [4.69, 9.17) is 0 Å². The highest BCUT2D eigenvalue weighted by Gasteiger charge is 2.32. The molecule has 0 bridgehead atoms. The van der Waals surface area contributed by atoms with Crippen molar-refractivity contribution in [1.82, 2.24) is 9.80 Å². The molecule has 2 atom stereocenters. The van der Waals surface area contributed by atoms with Crippen molar-refractivity contribution in [3.8, 4) is 5.75 Å². The Hall–Kier alpha value is -2.19. The lowest BCUT2D eigenvalue weighted by atomic mass is 10.0. The third-order valence-corrected chi connectivity index (χ3v) is 9.30. The molecule has 200 valence electrons.